The number of benzene rings is 1. The molecule has 0 fully saturated rings. The quantitative estimate of drug-likeness (QED) is 0.892. The van der Waals surface area contributed by atoms with Crippen molar-refractivity contribution in [3.8, 4) is 11.3 Å². The van der Waals surface area contributed by atoms with Gasteiger partial charge in [0.15, 0.2) is 0 Å². The minimum atomic E-state index is -3.63. The van der Waals surface area contributed by atoms with Gasteiger partial charge in [-0.3, -0.25) is 4.79 Å². The van der Waals surface area contributed by atoms with Gasteiger partial charge >= 0.3 is 0 Å². The third-order valence-corrected chi connectivity index (χ3v) is 3.28. The molecule has 1 heterocycles. The van der Waals surface area contributed by atoms with Crippen LogP contribution >= 0.6 is 0 Å². The average molecular weight is 283 g/mol. The first-order chi connectivity index (χ1) is 8.79. The second-order valence-electron chi connectivity index (χ2n) is 3.90. The molecule has 19 heavy (non-hydrogen) atoms. The van der Waals surface area contributed by atoms with Crippen molar-refractivity contribution >= 4 is 15.9 Å². The Morgan fingerprint density at radius 1 is 1.32 bits per heavy atom. The fourth-order valence-electron chi connectivity index (χ4n) is 1.52. The van der Waals surface area contributed by atoms with Crippen molar-refractivity contribution in [2.75, 3.05) is 6.26 Å². The van der Waals surface area contributed by atoms with Crippen LogP contribution in [0.2, 0.25) is 0 Å². The summed E-state index contributed by atoms with van der Waals surface area (Å²) in [6, 6.07) is 5.13. The summed E-state index contributed by atoms with van der Waals surface area (Å²) in [6.45, 7) is 0. The molecule has 0 saturated carbocycles. The Bertz CT molecular complexity index is 735. The first-order valence-electron chi connectivity index (χ1n) is 5.15. The smallest absolute Gasteiger partial charge is 0.252 e. The molecule has 1 aromatic heterocycles. The molecule has 0 aliphatic heterocycles. The number of amides is 1. The zero-order valence-electron chi connectivity index (χ0n) is 9.87. The molecule has 0 bridgehead atoms. The number of nitrogens with zero attached hydrogens (tertiary/aromatic N) is 2. The molecule has 8 heteroatoms. The summed E-state index contributed by atoms with van der Waals surface area (Å²) >= 11 is 0. The van der Waals surface area contributed by atoms with Crippen molar-refractivity contribution < 1.29 is 17.6 Å². The van der Waals surface area contributed by atoms with E-state index in [1.807, 2.05) is 0 Å². The van der Waals surface area contributed by atoms with Gasteiger partial charge in [0.25, 0.3) is 15.9 Å². The summed E-state index contributed by atoms with van der Waals surface area (Å²) in [4.78, 5) is 11.3. The number of nitrogens with two attached hydrogens (primary N) is 1. The molecule has 0 aliphatic rings. The fraction of sp³-hybridized carbons (Fsp3) is 0.0909. The lowest BCUT2D eigenvalue weighted by Crippen LogP contribution is -2.12. The molecule has 0 spiro atoms. The van der Waals surface area contributed by atoms with E-state index in [0.717, 1.165) is 12.5 Å². The molecule has 1 amide bonds. The lowest BCUT2D eigenvalue weighted by Gasteiger charge is -1.99. The Balaban J connectivity index is 2.65. The lowest BCUT2D eigenvalue weighted by atomic mass is 10.1. The zero-order chi connectivity index (χ0) is 14.2. The van der Waals surface area contributed by atoms with Crippen LogP contribution in [0.1, 0.15) is 10.4 Å². The topological polar surface area (TPSA) is 95.0 Å². The summed E-state index contributed by atoms with van der Waals surface area (Å²) in [5, 5.41) is 3.81. The lowest BCUT2D eigenvalue weighted by molar-refractivity contribution is 0.100. The Morgan fingerprint density at radius 3 is 2.37 bits per heavy atom. The molecule has 0 aliphatic carbocycles. The van der Waals surface area contributed by atoms with Crippen LogP contribution in [0.4, 0.5) is 4.39 Å². The fourth-order valence-corrected chi connectivity index (χ4v) is 2.05. The van der Waals surface area contributed by atoms with Gasteiger partial charge in [-0.05, 0) is 24.3 Å². The van der Waals surface area contributed by atoms with Crippen molar-refractivity contribution in [1.29, 1.82) is 0 Å². The second-order valence-corrected chi connectivity index (χ2v) is 5.74. The molecule has 2 rings (SSSR count). The summed E-state index contributed by atoms with van der Waals surface area (Å²) in [5.74, 6) is -1.26. The van der Waals surface area contributed by atoms with Gasteiger partial charge in [-0.15, -0.1) is 0 Å². The number of halogens is 1. The molecule has 2 N–H and O–H groups in total. The highest BCUT2D eigenvalue weighted by molar-refractivity contribution is 7.89. The monoisotopic (exact) mass is 283 g/mol. The maximum atomic E-state index is 12.8. The average Bonchev–Trinajstić information content (AvgIpc) is 2.74. The van der Waals surface area contributed by atoms with Crippen LogP contribution in [-0.4, -0.2) is 29.8 Å². The van der Waals surface area contributed by atoms with Gasteiger partial charge in [0.05, 0.1) is 18.0 Å². The van der Waals surface area contributed by atoms with E-state index in [-0.39, 0.29) is 11.3 Å². The summed E-state index contributed by atoms with van der Waals surface area (Å²) in [6.07, 6.45) is 1.98. The van der Waals surface area contributed by atoms with Gasteiger partial charge in [0.2, 0.25) is 0 Å². The SMILES string of the molecule is CS(=O)(=O)n1cc(C(N)=O)c(-c2ccc(F)cc2)n1. The Hall–Kier alpha value is -2.22. The predicted molar refractivity (Wildman–Crippen MR) is 66.4 cm³/mol. The van der Waals surface area contributed by atoms with E-state index < -0.39 is 21.7 Å². The summed E-state index contributed by atoms with van der Waals surface area (Å²) in [5.41, 5.74) is 5.63. The van der Waals surface area contributed by atoms with E-state index in [0.29, 0.717) is 9.65 Å². The normalized spacial score (nSPS) is 11.5. The van der Waals surface area contributed by atoms with Crippen LogP contribution in [0.3, 0.4) is 0 Å². The van der Waals surface area contributed by atoms with E-state index in [1.54, 1.807) is 0 Å². The summed E-state index contributed by atoms with van der Waals surface area (Å²) < 4.78 is 36.3. The van der Waals surface area contributed by atoms with E-state index in [2.05, 4.69) is 5.10 Å². The van der Waals surface area contributed by atoms with Gasteiger partial charge in [-0.2, -0.15) is 9.19 Å². The molecule has 6 nitrogen and oxygen atoms in total. The summed E-state index contributed by atoms with van der Waals surface area (Å²) in [7, 11) is -3.63. The Kier molecular flexibility index (Phi) is 3.11. The van der Waals surface area contributed by atoms with Crippen LogP contribution in [0, 0.1) is 5.82 Å². The van der Waals surface area contributed by atoms with Crippen LogP contribution in [0.15, 0.2) is 30.5 Å². The van der Waals surface area contributed by atoms with Crippen LogP contribution < -0.4 is 5.73 Å². The zero-order valence-corrected chi connectivity index (χ0v) is 10.7. The van der Waals surface area contributed by atoms with Gasteiger partial charge in [0.1, 0.15) is 11.5 Å². The highest BCUT2D eigenvalue weighted by Gasteiger charge is 2.19. The number of carbonyl (C=O) groups is 1. The van der Waals surface area contributed by atoms with Crippen molar-refractivity contribution in [2.24, 2.45) is 5.73 Å². The highest BCUT2D eigenvalue weighted by Crippen LogP contribution is 2.22. The van der Waals surface area contributed by atoms with Gasteiger partial charge in [-0.25, -0.2) is 12.8 Å². The molecule has 2 aromatic rings. The largest absolute Gasteiger partial charge is 0.365 e. The first kappa shape index (κ1) is 13.2. The number of carbonyl (C=O) groups excluding carboxylic acids is 1. The third kappa shape index (κ3) is 2.63. The van der Waals surface area contributed by atoms with Gasteiger partial charge in [-0.1, -0.05) is 0 Å². The number of hydrogen-bond acceptors (Lipinski definition) is 4. The number of primary amides is 1. The van der Waals surface area contributed by atoms with E-state index in [4.69, 9.17) is 5.73 Å². The molecule has 0 saturated heterocycles. The third-order valence-electron chi connectivity index (χ3n) is 2.42. The standard InChI is InChI=1S/C11H10FN3O3S/c1-19(17,18)15-6-9(11(13)16)10(14-15)7-2-4-8(12)5-3-7/h2-6H,1H3,(H2,13,16). The van der Waals surface area contributed by atoms with Gasteiger partial charge in [0, 0.05) is 5.56 Å². The van der Waals surface area contributed by atoms with Gasteiger partial charge < -0.3 is 5.73 Å². The van der Waals surface area contributed by atoms with Crippen LogP contribution in [0.25, 0.3) is 11.3 Å². The van der Waals surface area contributed by atoms with E-state index in [1.165, 1.54) is 24.3 Å². The minimum Gasteiger partial charge on any atom is -0.365 e. The van der Waals surface area contributed by atoms with Crippen molar-refractivity contribution in [3.63, 3.8) is 0 Å². The highest BCUT2D eigenvalue weighted by atomic mass is 32.2. The Morgan fingerprint density at radius 2 is 1.89 bits per heavy atom. The van der Waals surface area contributed by atoms with Crippen molar-refractivity contribution in [1.82, 2.24) is 9.19 Å². The molecule has 0 radical (unpaired) electrons. The molecule has 1 aromatic carbocycles. The van der Waals surface area contributed by atoms with E-state index >= 15 is 0 Å². The van der Waals surface area contributed by atoms with Crippen LogP contribution in [-0.2, 0) is 10.0 Å². The number of rotatable bonds is 3. The second kappa shape index (κ2) is 4.47. The maximum Gasteiger partial charge on any atom is 0.252 e. The molecule has 0 atom stereocenters. The van der Waals surface area contributed by atoms with Crippen LogP contribution in [0.5, 0.6) is 0 Å². The number of aromatic nitrogens is 2. The minimum absolute atomic E-state index is 0.0444. The van der Waals surface area contributed by atoms with Crippen molar-refractivity contribution in [3.05, 3.63) is 41.8 Å². The first-order valence-corrected chi connectivity index (χ1v) is 7.00. The van der Waals surface area contributed by atoms with E-state index in [9.17, 15) is 17.6 Å². The molecular formula is C11H10FN3O3S. The molecular weight excluding hydrogens is 273 g/mol. The Labute approximate surface area is 108 Å². The molecule has 0 unspecified atom stereocenters. The van der Waals surface area contributed by atoms with Crippen molar-refractivity contribution in [2.45, 2.75) is 0 Å². The maximum absolute atomic E-state index is 12.8. The predicted octanol–water partition coefficient (Wildman–Crippen LogP) is 0.596. The number of hydrogen-bond donors (Lipinski definition) is 1. The molecule has 100 valence electrons.